The predicted octanol–water partition coefficient (Wildman–Crippen LogP) is 1.28. The number of hydrogen-bond acceptors (Lipinski definition) is 6. The van der Waals surface area contributed by atoms with E-state index in [-0.39, 0.29) is 18.2 Å². The van der Waals surface area contributed by atoms with Gasteiger partial charge in [0.2, 0.25) is 5.78 Å². The SMILES string of the molecule is N#Cc1cc(C(=O)C2CCC(=O)O2)ccc1N1CCOCC1. The van der Waals surface area contributed by atoms with E-state index in [2.05, 4.69) is 11.0 Å². The lowest BCUT2D eigenvalue weighted by Crippen LogP contribution is -2.36. The van der Waals surface area contributed by atoms with Crippen molar-refractivity contribution in [3.05, 3.63) is 29.3 Å². The zero-order chi connectivity index (χ0) is 15.5. The largest absolute Gasteiger partial charge is 0.454 e. The molecule has 1 aromatic rings. The minimum absolute atomic E-state index is 0.240. The normalized spacial score (nSPS) is 21.3. The van der Waals surface area contributed by atoms with E-state index in [1.165, 1.54) is 0 Å². The van der Waals surface area contributed by atoms with E-state index in [0.717, 1.165) is 18.8 Å². The van der Waals surface area contributed by atoms with Gasteiger partial charge in [0.15, 0.2) is 6.10 Å². The second kappa shape index (κ2) is 6.16. The first-order valence-corrected chi connectivity index (χ1v) is 7.29. The Balaban J connectivity index is 1.83. The number of carbonyl (C=O) groups is 2. The molecule has 0 aromatic heterocycles. The lowest BCUT2D eigenvalue weighted by atomic mass is 10.0. The highest BCUT2D eigenvalue weighted by molar-refractivity contribution is 6.02. The Morgan fingerprint density at radius 3 is 2.73 bits per heavy atom. The van der Waals surface area contributed by atoms with Crippen molar-refractivity contribution in [2.24, 2.45) is 0 Å². The summed E-state index contributed by atoms with van der Waals surface area (Å²) >= 11 is 0. The molecule has 2 saturated heterocycles. The molecule has 2 aliphatic heterocycles. The number of anilines is 1. The highest BCUT2D eigenvalue weighted by Gasteiger charge is 2.31. The number of ketones is 1. The number of nitriles is 1. The van der Waals surface area contributed by atoms with Crippen molar-refractivity contribution in [1.82, 2.24) is 0 Å². The van der Waals surface area contributed by atoms with Crippen molar-refractivity contribution in [3.8, 4) is 6.07 Å². The first-order valence-electron chi connectivity index (χ1n) is 7.29. The van der Waals surface area contributed by atoms with Gasteiger partial charge in [0.25, 0.3) is 0 Å². The number of nitrogens with zero attached hydrogens (tertiary/aromatic N) is 2. The van der Waals surface area contributed by atoms with Gasteiger partial charge in [-0.3, -0.25) is 9.59 Å². The number of ether oxygens (including phenoxy) is 2. The molecule has 2 aliphatic rings. The second-order valence-corrected chi connectivity index (χ2v) is 5.32. The molecule has 0 bridgehead atoms. The third kappa shape index (κ3) is 2.81. The van der Waals surface area contributed by atoms with Crippen molar-refractivity contribution in [3.63, 3.8) is 0 Å². The van der Waals surface area contributed by atoms with Gasteiger partial charge >= 0.3 is 5.97 Å². The lowest BCUT2D eigenvalue weighted by Gasteiger charge is -2.29. The third-order valence-corrected chi connectivity index (χ3v) is 3.93. The maximum atomic E-state index is 12.3. The number of morpholine rings is 1. The van der Waals surface area contributed by atoms with Gasteiger partial charge in [0.05, 0.1) is 24.5 Å². The van der Waals surface area contributed by atoms with Crippen molar-refractivity contribution in [2.45, 2.75) is 18.9 Å². The van der Waals surface area contributed by atoms with Crippen molar-refractivity contribution in [2.75, 3.05) is 31.2 Å². The molecule has 1 unspecified atom stereocenters. The summed E-state index contributed by atoms with van der Waals surface area (Å²) in [6, 6.07) is 7.21. The summed E-state index contributed by atoms with van der Waals surface area (Å²) in [5, 5.41) is 9.36. The maximum Gasteiger partial charge on any atom is 0.306 e. The highest BCUT2D eigenvalue weighted by atomic mass is 16.6. The summed E-state index contributed by atoms with van der Waals surface area (Å²) in [6.07, 6.45) is -0.0358. The van der Waals surface area contributed by atoms with Gasteiger partial charge in [0.1, 0.15) is 6.07 Å². The van der Waals surface area contributed by atoms with Crippen molar-refractivity contribution in [1.29, 1.82) is 5.26 Å². The summed E-state index contributed by atoms with van der Waals surface area (Å²) in [5.41, 5.74) is 1.68. The molecule has 2 fully saturated rings. The van der Waals surface area contributed by atoms with E-state index in [4.69, 9.17) is 9.47 Å². The average Bonchev–Trinajstić information content (AvgIpc) is 3.01. The number of hydrogen-bond donors (Lipinski definition) is 0. The molecule has 0 radical (unpaired) electrons. The Morgan fingerprint density at radius 1 is 1.32 bits per heavy atom. The van der Waals surface area contributed by atoms with Crippen molar-refractivity contribution < 1.29 is 19.1 Å². The molecule has 114 valence electrons. The van der Waals surface area contributed by atoms with Crippen LogP contribution in [0.4, 0.5) is 5.69 Å². The monoisotopic (exact) mass is 300 g/mol. The van der Waals surface area contributed by atoms with Crippen LogP contribution >= 0.6 is 0 Å². The number of carbonyl (C=O) groups excluding carboxylic acids is 2. The quantitative estimate of drug-likeness (QED) is 0.618. The number of Topliss-reactive ketones (excluding diaryl/α,β-unsaturated/α-hetero) is 1. The minimum Gasteiger partial charge on any atom is -0.454 e. The van der Waals surface area contributed by atoms with Gasteiger partial charge in [0, 0.05) is 31.5 Å². The molecule has 0 amide bonds. The molecular formula is C16H16N2O4. The number of rotatable bonds is 3. The fourth-order valence-corrected chi connectivity index (χ4v) is 2.75. The van der Waals surface area contributed by atoms with Gasteiger partial charge in [-0.15, -0.1) is 0 Å². The maximum absolute atomic E-state index is 12.3. The average molecular weight is 300 g/mol. The van der Waals surface area contributed by atoms with Gasteiger partial charge in [-0.25, -0.2) is 0 Å². The third-order valence-electron chi connectivity index (χ3n) is 3.93. The Morgan fingerprint density at radius 2 is 2.09 bits per heavy atom. The minimum atomic E-state index is -0.715. The molecule has 0 spiro atoms. The fourth-order valence-electron chi connectivity index (χ4n) is 2.75. The van der Waals surface area contributed by atoms with Crippen LogP contribution in [0.5, 0.6) is 0 Å². The Kier molecular flexibility index (Phi) is 4.07. The molecule has 1 atom stereocenters. The predicted molar refractivity (Wildman–Crippen MR) is 77.6 cm³/mol. The van der Waals surface area contributed by atoms with Crippen LogP contribution in [0, 0.1) is 11.3 Å². The van der Waals surface area contributed by atoms with E-state index in [9.17, 15) is 14.9 Å². The highest BCUT2D eigenvalue weighted by Crippen LogP contribution is 2.25. The first-order chi connectivity index (χ1) is 10.7. The number of benzene rings is 1. The van der Waals surface area contributed by atoms with E-state index < -0.39 is 6.10 Å². The van der Waals surface area contributed by atoms with Crippen LogP contribution in [-0.2, 0) is 14.3 Å². The van der Waals surface area contributed by atoms with Crippen LogP contribution < -0.4 is 4.90 Å². The summed E-state index contributed by atoms with van der Waals surface area (Å²) in [4.78, 5) is 25.5. The van der Waals surface area contributed by atoms with Crippen LogP contribution in [0.25, 0.3) is 0 Å². The Labute approximate surface area is 128 Å². The van der Waals surface area contributed by atoms with E-state index >= 15 is 0 Å². The summed E-state index contributed by atoms with van der Waals surface area (Å²) in [7, 11) is 0. The van der Waals surface area contributed by atoms with Crippen LogP contribution in [0.2, 0.25) is 0 Å². The molecule has 2 heterocycles. The van der Waals surface area contributed by atoms with Gasteiger partial charge in [-0.05, 0) is 18.2 Å². The molecule has 1 aromatic carbocycles. The zero-order valence-electron chi connectivity index (χ0n) is 12.1. The number of esters is 1. The first kappa shape index (κ1) is 14.5. The molecule has 0 saturated carbocycles. The molecule has 22 heavy (non-hydrogen) atoms. The van der Waals surface area contributed by atoms with Crippen LogP contribution in [0.1, 0.15) is 28.8 Å². The number of cyclic esters (lactones) is 1. The Hall–Kier alpha value is -2.39. The van der Waals surface area contributed by atoms with Gasteiger partial charge in [-0.1, -0.05) is 0 Å². The molecule has 0 N–H and O–H groups in total. The van der Waals surface area contributed by atoms with Crippen LogP contribution in [0.3, 0.4) is 0 Å². The van der Waals surface area contributed by atoms with Gasteiger partial charge < -0.3 is 14.4 Å². The van der Waals surface area contributed by atoms with Gasteiger partial charge in [-0.2, -0.15) is 5.26 Å². The molecule has 3 rings (SSSR count). The Bertz CT molecular complexity index is 644. The van der Waals surface area contributed by atoms with Crippen molar-refractivity contribution >= 4 is 17.4 Å². The lowest BCUT2D eigenvalue weighted by molar-refractivity contribution is -0.140. The topological polar surface area (TPSA) is 79.6 Å². The zero-order valence-corrected chi connectivity index (χ0v) is 12.1. The standard InChI is InChI=1S/C16H16N2O4/c17-10-12-9-11(16(20)14-3-4-15(19)22-14)1-2-13(12)18-5-7-21-8-6-18/h1-2,9,14H,3-8H2. The molecular weight excluding hydrogens is 284 g/mol. The summed E-state index contributed by atoms with van der Waals surface area (Å²) < 4.78 is 10.3. The van der Waals surface area contributed by atoms with E-state index in [1.54, 1.807) is 18.2 Å². The fraction of sp³-hybridized carbons (Fsp3) is 0.438. The molecule has 6 nitrogen and oxygen atoms in total. The summed E-state index contributed by atoms with van der Waals surface area (Å²) in [6.45, 7) is 2.71. The second-order valence-electron chi connectivity index (χ2n) is 5.32. The van der Waals surface area contributed by atoms with Crippen LogP contribution in [-0.4, -0.2) is 44.2 Å². The van der Waals surface area contributed by atoms with Crippen LogP contribution in [0.15, 0.2) is 18.2 Å². The smallest absolute Gasteiger partial charge is 0.306 e. The molecule has 0 aliphatic carbocycles. The van der Waals surface area contributed by atoms with E-state index in [1.807, 2.05) is 0 Å². The van der Waals surface area contributed by atoms with E-state index in [0.29, 0.717) is 30.8 Å². The summed E-state index contributed by atoms with van der Waals surface area (Å²) in [5.74, 6) is -0.584. The molecule has 6 heteroatoms.